The summed E-state index contributed by atoms with van der Waals surface area (Å²) in [6, 6.07) is 17.2. The van der Waals surface area contributed by atoms with Crippen molar-refractivity contribution in [2.45, 2.75) is 10.8 Å². The summed E-state index contributed by atoms with van der Waals surface area (Å²) in [5.41, 5.74) is 0.687. The lowest BCUT2D eigenvalue weighted by atomic mass is 9.47. The maximum Gasteiger partial charge on any atom is 0.139 e. The van der Waals surface area contributed by atoms with Gasteiger partial charge in [-0.3, -0.25) is 0 Å². The summed E-state index contributed by atoms with van der Waals surface area (Å²) in [5.74, 6) is -0.222. The van der Waals surface area contributed by atoms with E-state index in [0.717, 1.165) is 12.6 Å². The van der Waals surface area contributed by atoms with Gasteiger partial charge in [0.1, 0.15) is 34.9 Å². The van der Waals surface area contributed by atoms with Gasteiger partial charge in [-0.1, -0.05) is 48.5 Å². The molecular weight excluding hydrogens is 328 g/mol. The van der Waals surface area contributed by atoms with E-state index >= 15 is 0 Å². The van der Waals surface area contributed by atoms with Gasteiger partial charge in [0.2, 0.25) is 0 Å². The van der Waals surface area contributed by atoms with E-state index in [1.807, 2.05) is 48.5 Å². The van der Waals surface area contributed by atoms with Crippen LogP contribution in [0.15, 0.2) is 60.7 Å². The Morgan fingerprint density at radius 2 is 0.885 bits per heavy atom. The lowest BCUT2D eigenvalue weighted by Gasteiger charge is -2.52. The second kappa shape index (κ2) is 4.61. The SMILES string of the molecule is O=CC12c3ccccc3C(C=O)(c3ccccc31)c1c(O)ccc(O)c12. The van der Waals surface area contributed by atoms with Crippen LogP contribution in [-0.2, 0) is 20.4 Å². The van der Waals surface area contributed by atoms with Crippen molar-refractivity contribution in [3.8, 4) is 11.5 Å². The fourth-order valence-corrected chi connectivity index (χ4v) is 4.92. The van der Waals surface area contributed by atoms with Crippen molar-refractivity contribution >= 4 is 12.6 Å². The van der Waals surface area contributed by atoms with Crippen LogP contribution in [0.5, 0.6) is 11.5 Å². The van der Waals surface area contributed by atoms with Gasteiger partial charge in [-0.15, -0.1) is 0 Å². The molecule has 4 heteroatoms. The number of aromatic hydroxyl groups is 2. The largest absolute Gasteiger partial charge is 0.508 e. The zero-order valence-corrected chi connectivity index (χ0v) is 13.6. The second-order valence-electron chi connectivity index (χ2n) is 6.80. The molecule has 0 heterocycles. The van der Waals surface area contributed by atoms with Crippen LogP contribution in [0.1, 0.15) is 33.4 Å². The predicted molar refractivity (Wildman–Crippen MR) is 94.5 cm³/mol. The molecule has 0 spiro atoms. The van der Waals surface area contributed by atoms with Crippen molar-refractivity contribution in [1.29, 1.82) is 0 Å². The van der Waals surface area contributed by atoms with Crippen LogP contribution in [0.4, 0.5) is 0 Å². The topological polar surface area (TPSA) is 74.6 Å². The quantitative estimate of drug-likeness (QED) is 0.555. The first kappa shape index (κ1) is 14.9. The van der Waals surface area contributed by atoms with Crippen LogP contribution < -0.4 is 0 Å². The first-order valence-corrected chi connectivity index (χ1v) is 8.31. The summed E-state index contributed by atoms with van der Waals surface area (Å²) in [5, 5.41) is 21.3. The highest BCUT2D eigenvalue weighted by Crippen LogP contribution is 2.63. The number of aldehydes is 2. The molecule has 2 N–H and O–H groups in total. The highest BCUT2D eigenvalue weighted by atomic mass is 16.3. The molecule has 0 unspecified atom stereocenters. The fourth-order valence-electron chi connectivity index (χ4n) is 4.92. The zero-order chi connectivity index (χ0) is 18.1. The molecule has 0 aromatic heterocycles. The fraction of sp³-hybridized carbons (Fsp3) is 0.0909. The predicted octanol–water partition coefficient (Wildman–Crippen LogP) is 2.79. The Morgan fingerprint density at radius 3 is 1.15 bits per heavy atom. The van der Waals surface area contributed by atoms with Gasteiger partial charge in [-0.25, -0.2) is 0 Å². The number of rotatable bonds is 2. The monoisotopic (exact) mass is 342 g/mol. The molecule has 0 saturated heterocycles. The smallest absolute Gasteiger partial charge is 0.139 e. The third kappa shape index (κ3) is 1.31. The Balaban J connectivity index is 2.14. The summed E-state index contributed by atoms with van der Waals surface area (Å²) < 4.78 is 0. The summed E-state index contributed by atoms with van der Waals surface area (Å²) >= 11 is 0. The molecule has 126 valence electrons. The van der Waals surface area contributed by atoms with Gasteiger partial charge in [-0.2, -0.15) is 0 Å². The number of benzene rings is 3. The molecular formula is C22H14O4. The van der Waals surface area contributed by atoms with Gasteiger partial charge < -0.3 is 19.8 Å². The molecule has 3 aliphatic rings. The molecule has 4 nitrogen and oxygen atoms in total. The summed E-state index contributed by atoms with van der Waals surface area (Å²) in [6.45, 7) is 0. The average molecular weight is 342 g/mol. The lowest BCUT2D eigenvalue weighted by Crippen LogP contribution is -2.52. The van der Waals surface area contributed by atoms with Crippen LogP contribution in [0.25, 0.3) is 0 Å². The lowest BCUT2D eigenvalue weighted by molar-refractivity contribution is -0.113. The van der Waals surface area contributed by atoms with Gasteiger partial charge in [0, 0.05) is 11.1 Å². The molecule has 0 saturated carbocycles. The van der Waals surface area contributed by atoms with E-state index in [1.165, 1.54) is 12.1 Å². The number of phenolic OH excluding ortho intramolecular Hbond substituents is 2. The Morgan fingerprint density at radius 1 is 0.577 bits per heavy atom. The summed E-state index contributed by atoms with van der Waals surface area (Å²) in [6.07, 6.45) is 1.60. The molecule has 26 heavy (non-hydrogen) atoms. The van der Waals surface area contributed by atoms with Crippen molar-refractivity contribution in [1.82, 2.24) is 0 Å². The number of hydrogen-bond acceptors (Lipinski definition) is 4. The van der Waals surface area contributed by atoms with Crippen molar-refractivity contribution in [2.75, 3.05) is 0 Å². The number of carbonyl (C=O) groups excluding carboxylic acids is 2. The maximum absolute atomic E-state index is 12.6. The zero-order valence-electron chi connectivity index (χ0n) is 13.6. The number of carbonyl (C=O) groups is 2. The third-order valence-electron chi connectivity index (χ3n) is 5.86. The van der Waals surface area contributed by atoms with Crippen molar-refractivity contribution < 1.29 is 19.8 Å². The molecule has 0 fully saturated rings. The number of hydrogen-bond donors (Lipinski definition) is 2. The number of phenols is 2. The van der Waals surface area contributed by atoms with Crippen LogP contribution >= 0.6 is 0 Å². The Bertz CT molecular complexity index is 978. The van der Waals surface area contributed by atoms with Crippen molar-refractivity contribution in [3.63, 3.8) is 0 Å². The molecule has 6 rings (SSSR count). The molecule has 0 aliphatic heterocycles. The van der Waals surface area contributed by atoms with Gasteiger partial charge in [0.15, 0.2) is 0 Å². The van der Waals surface area contributed by atoms with Crippen LogP contribution in [0, 0.1) is 0 Å². The highest BCUT2D eigenvalue weighted by molar-refractivity contribution is 5.99. The standard InChI is InChI=1S/C22H14O4/c23-11-21-13-5-1-2-6-14(13)22(12-24,16-8-4-3-7-15(16)21)20-18(26)10-9-17(25)19(20)21/h1-12,25-26H. The molecule has 2 bridgehead atoms. The maximum atomic E-state index is 12.6. The second-order valence-corrected chi connectivity index (χ2v) is 6.80. The van der Waals surface area contributed by atoms with E-state index in [9.17, 15) is 19.8 Å². The minimum atomic E-state index is -1.27. The van der Waals surface area contributed by atoms with E-state index in [-0.39, 0.29) is 22.6 Å². The minimum Gasteiger partial charge on any atom is -0.508 e. The normalized spacial score (nSPS) is 24.3. The Kier molecular flexibility index (Phi) is 2.64. The van der Waals surface area contributed by atoms with E-state index in [1.54, 1.807) is 0 Å². The first-order valence-electron chi connectivity index (χ1n) is 8.31. The van der Waals surface area contributed by atoms with E-state index in [2.05, 4.69) is 0 Å². The first-order chi connectivity index (χ1) is 12.6. The molecule has 0 amide bonds. The molecule has 0 radical (unpaired) electrons. The molecule has 0 atom stereocenters. The molecule has 3 aromatic carbocycles. The Hall–Kier alpha value is -3.40. The third-order valence-corrected chi connectivity index (χ3v) is 5.86. The van der Waals surface area contributed by atoms with Crippen LogP contribution in [0.2, 0.25) is 0 Å². The van der Waals surface area contributed by atoms with Gasteiger partial charge >= 0.3 is 0 Å². The van der Waals surface area contributed by atoms with E-state index < -0.39 is 10.8 Å². The van der Waals surface area contributed by atoms with Gasteiger partial charge in [0.25, 0.3) is 0 Å². The average Bonchev–Trinajstić information content (AvgIpc) is 2.70. The van der Waals surface area contributed by atoms with E-state index in [0.29, 0.717) is 22.3 Å². The highest BCUT2D eigenvalue weighted by Gasteiger charge is 2.61. The Labute approximate surface area is 149 Å². The van der Waals surface area contributed by atoms with Gasteiger partial charge in [-0.05, 0) is 34.4 Å². The van der Waals surface area contributed by atoms with Crippen molar-refractivity contribution in [3.05, 3.63) is 94.0 Å². The molecule has 3 aliphatic carbocycles. The van der Waals surface area contributed by atoms with Gasteiger partial charge in [0.05, 0.1) is 0 Å². The minimum absolute atomic E-state index is 0.111. The van der Waals surface area contributed by atoms with Crippen LogP contribution in [-0.4, -0.2) is 22.8 Å². The summed E-state index contributed by atoms with van der Waals surface area (Å²) in [4.78, 5) is 25.2. The molecule has 3 aromatic rings. The van der Waals surface area contributed by atoms with Crippen molar-refractivity contribution in [2.24, 2.45) is 0 Å². The van der Waals surface area contributed by atoms with E-state index in [4.69, 9.17) is 0 Å². The summed E-state index contributed by atoms with van der Waals surface area (Å²) in [7, 11) is 0. The van der Waals surface area contributed by atoms with Crippen LogP contribution in [0.3, 0.4) is 0 Å².